The first-order chi connectivity index (χ1) is 13.1. The molecule has 6 nitrogen and oxygen atoms in total. The Hall–Kier alpha value is -1.77. The Morgan fingerprint density at radius 3 is 2.56 bits per heavy atom. The molecule has 0 unspecified atom stereocenters. The molecule has 0 spiro atoms. The number of sulfonamides is 1. The largest absolute Gasteiger partial charge is 0.356 e. The van der Waals surface area contributed by atoms with Crippen LogP contribution in [0.2, 0.25) is 0 Å². The molecule has 144 valence electrons. The van der Waals surface area contributed by atoms with Crippen LogP contribution < -0.4 is 0 Å². The fourth-order valence-corrected chi connectivity index (χ4v) is 5.84. The highest BCUT2D eigenvalue weighted by Gasteiger charge is 2.34. The number of thioether (sulfide) groups is 1. The Morgan fingerprint density at radius 2 is 1.89 bits per heavy atom. The Morgan fingerprint density at radius 1 is 1.19 bits per heavy atom. The average Bonchev–Trinajstić information content (AvgIpc) is 3.41. The summed E-state index contributed by atoms with van der Waals surface area (Å²) in [6.45, 7) is 1.57. The molecule has 0 bridgehead atoms. The summed E-state index contributed by atoms with van der Waals surface area (Å²) in [5.74, 6) is 1.47. The van der Waals surface area contributed by atoms with Gasteiger partial charge in [0.25, 0.3) is 5.91 Å². The van der Waals surface area contributed by atoms with Crippen molar-refractivity contribution in [3.63, 3.8) is 0 Å². The SMILES string of the molecule is O=C(c1cc(S(=O)(=O)N2CCSCC2)c[nH]1)N(Cc1ccccc1)C1CC1. The van der Waals surface area contributed by atoms with Crippen molar-refractivity contribution in [1.29, 1.82) is 0 Å². The second kappa shape index (κ2) is 7.69. The lowest BCUT2D eigenvalue weighted by molar-refractivity contribution is 0.0724. The predicted octanol–water partition coefficient (Wildman–Crippen LogP) is 2.56. The zero-order chi connectivity index (χ0) is 18.9. The summed E-state index contributed by atoms with van der Waals surface area (Å²) in [7, 11) is -3.55. The summed E-state index contributed by atoms with van der Waals surface area (Å²) < 4.78 is 27.1. The zero-order valence-corrected chi connectivity index (χ0v) is 16.6. The third kappa shape index (κ3) is 4.07. The van der Waals surface area contributed by atoms with Gasteiger partial charge in [-0.1, -0.05) is 30.3 Å². The van der Waals surface area contributed by atoms with Crippen molar-refractivity contribution < 1.29 is 13.2 Å². The van der Waals surface area contributed by atoms with E-state index in [-0.39, 0.29) is 16.8 Å². The van der Waals surface area contributed by atoms with Crippen LogP contribution in [0.3, 0.4) is 0 Å². The highest BCUT2D eigenvalue weighted by Crippen LogP contribution is 2.30. The van der Waals surface area contributed by atoms with E-state index < -0.39 is 10.0 Å². The van der Waals surface area contributed by atoms with Crippen molar-refractivity contribution in [3.8, 4) is 0 Å². The van der Waals surface area contributed by atoms with Gasteiger partial charge in [-0.3, -0.25) is 4.79 Å². The van der Waals surface area contributed by atoms with Crippen molar-refractivity contribution >= 4 is 27.7 Å². The predicted molar refractivity (Wildman–Crippen MR) is 106 cm³/mol. The molecule has 2 aromatic rings. The molecule has 4 rings (SSSR count). The Kier molecular flexibility index (Phi) is 5.29. The topological polar surface area (TPSA) is 73.5 Å². The summed E-state index contributed by atoms with van der Waals surface area (Å²) in [5.41, 5.74) is 1.41. The maximum Gasteiger partial charge on any atom is 0.270 e. The monoisotopic (exact) mass is 405 g/mol. The van der Waals surface area contributed by atoms with Crippen LogP contribution in [-0.2, 0) is 16.6 Å². The van der Waals surface area contributed by atoms with Gasteiger partial charge >= 0.3 is 0 Å². The van der Waals surface area contributed by atoms with Crippen molar-refractivity contribution in [2.75, 3.05) is 24.6 Å². The minimum Gasteiger partial charge on any atom is -0.356 e. The van der Waals surface area contributed by atoms with Crippen LogP contribution >= 0.6 is 11.8 Å². The fraction of sp³-hybridized carbons (Fsp3) is 0.421. The molecule has 1 aromatic heterocycles. The fourth-order valence-electron chi connectivity index (χ4n) is 3.27. The smallest absolute Gasteiger partial charge is 0.270 e. The van der Waals surface area contributed by atoms with Gasteiger partial charge in [-0.2, -0.15) is 16.1 Å². The summed E-state index contributed by atoms with van der Waals surface area (Å²) in [6.07, 6.45) is 3.43. The van der Waals surface area contributed by atoms with Crippen LogP contribution in [-0.4, -0.2) is 59.2 Å². The first kappa shape index (κ1) is 18.6. The molecule has 1 N–H and O–H groups in total. The number of hydrogen-bond donors (Lipinski definition) is 1. The standard InChI is InChI=1S/C19H23N3O3S2/c23-19(22(16-6-7-16)14-15-4-2-1-3-5-15)18-12-17(13-20-18)27(24,25)21-8-10-26-11-9-21/h1-5,12-13,16,20H,6-11,14H2. The van der Waals surface area contributed by atoms with Gasteiger partial charge in [0, 0.05) is 43.4 Å². The van der Waals surface area contributed by atoms with Crippen LogP contribution in [0.4, 0.5) is 0 Å². The third-order valence-corrected chi connectivity index (χ3v) is 7.76. The number of nitrogens with one attached hydrogen (secondary N) is 1. The lowest BCUT2D eigenvalue weighted by Crippen LogP contribution is -2.37. The van der Waals surface area contributed by atoms with Crippen molar-refractivity contribution in [3.05, 3.63) is 53.9 Å². The Balaban J connectivity index is 1.53. The molecular formula is C19H23N3O3S2. The van der Waals surface area contributed by atoms with Gasteiger partial charge < -0.3 is 9.88 Å². The highest BCUT2D eigenvalue weighted by molar-refractivity contribution is 7.99. The molecule has 0 atom stereocenters. The molecule has 1 aliphatic carbocycles. The second-order valence-electron chi connectivity index (χ2n) is 6.92. The van der Waals surface area contributed by atoms with Crippen molar-refractivity contribution in [2.24, 2.45) is 0 Å². The first-order valence-corrected chi connectivity index (χ1v) is 11.8. The van der Waals surface area contributed by atoms with Gasteiger partial charge in [0.2, 0.25) is 10.0 Å². The molecule has 1 saturated carbocycles. The maximum atomic E-state index is 13.0. The average molecular weight is 406 g/mol. The lowest BCUT2D eigenvalue weighted by Gasteiger charge is -2.25. The van der Waals surface area contributed by atoms with Crippen LogP contribution in [0.1, 0.15) is 28.9 Å². The molecule has 2 aliphatic rings. The van der Waals surface area contributed by atoms with E-state index in [4.69, 9.17) is 0 Å². The number of rotatable bonds is 6. The second-order valence-corrected chi connectivity index (χ2v) is 10.1. The maximum absolute atomic E-state index is 13.0. The minimum atomic E-state index is -3.55. The normalized spacial score (nSPS) is 18.4. The van der Waals surface area contributed by atoms with Crippen LogP contribution in [0.5, 0.6) is 0 Å². The Labute approximate surface area is 164 Å². The zero-order valence-electron chi connectivity index (χ0n) is 15.0. The number of H-pyrrole nitrogens is 1. The van der Waals surface area contributed by atoms with Crippen LogP contribution in [0, 0.1) is 0 Å². The number of hydrogen-bond acceptors (Lipinski definition) is 4. The number of amides is 1. The molecule has 2 heterocycles. The highest BCUT2D eigenvalue weighted by atomic mass is 32.2. The van der Waals surface area contributed by atoms with Gasteiger partial charge in [0.15, 0.2) is 0 Å². The van der Waals surface area contributed by atoms with E-state index in [0.717, 1.165) is 29.9 Å². The number of aromatic nitrogens is 1. The van der Waals surface area contributed by atoms with E-state index >= 15 is 0 Å². The minimum absolute atomic E-state index is 0.142. The van der Waals surface area contributed by atoms with Crippen molar-refractivity contribution in [2.45, 2.75) is 30.3 Å². The molecule has 8 heteroatoms. The van der Waals surface area contributed by atoms with E-state index in [1.165, 1.54) is 16.6 Å². The van der Waals surface area contributed by atoms with E-state index in [1.54, 1.807) is 11.8 Å². The third-order valence-electron chi connectivity index (χ3n) is 4.94. The first-order valence-electron chi connectivity index (χ1n) is 9.17. The number of carbonyl (C=O) groups excluding carboxylic acids is 1. The molecule has 0 radical (unpaired) electrons. The number of nitrogens with zero attached hydrogens (tertiary/aromatic N) is 2. The molecule has 2 fully saturated rings. The summed E-state index contributed by atoms with van der Waals surface area (Å²) in [6, 6.07) is 11.6. The lowest BCUT2D eigenvalue weighted by atomic mass is 10.2. The molecule has 27 heavy (non-hydrogen) atoms. The molecule has 1 aliphatic heterocycles. The molecule has 1 saturated heterocycles. The Bertz CT molecular complexity index is 901. The molecular weight excluding hydrogens is 382 g/mol. The summed E-state index contributed by atoms with van der Waals surface area (Å²) in [5, 5.41) is 0. The van der Waals surface area contributed by atoms with E-state index in [0.29, 0.717) is 25.3 Å². The number of aromatic amines is 1. The van der Waals surface area contributed by atoms with Crippen LogP contribution in [0.15, 0.2) is 47.5 Å². The van der Waals surface area contributed by atoms with Gasteiger partial charge in [-0.15, -0.1) is 0 Å². The van der Waals surface area contributed by atoms with E-state index in [9.17, 15) is 13.2 Å². The van der Waals surface area contributed by atoms with Crippen molar-refractivity contribution in [1.82, 2.24) is 14.2 Å². The van der Waals surface area contributed by atoms with Gasteiger partial charge in [-0.25, -0.2) is 8.42 Å². The van der Waals surface area contributed by atoms with Gasteiger partial charge in [0.1, 0.15) is 10.6 Å². The number of benzene rings is 1. The molecule has 1 aromatic carbocycles. The van der Waals surface area contributed by atoms with Crippen LogP contribution in [0.25, 0.3) is 0 Å². The quantitative estimate of drug-likeness (QED) is 0.802. The van der Waals surface area contributed by atoms with Gasteiger partial charge in [-0.05, 0) is 24.5 Å². The summed E-state index contributed by atoms with van der Waals surface area (Å²) >= 11 is 1.76. The summed E-state index contributed by atoms with van der Waals surface area (Å²) in [4.78, 5) is 17.9. The molecule has 1 amide bonds. The van der Waals surface area contributed by atoms with E-state index in [2.05, 4.69) is 4.98 Å². The van der Waals surface area contributed by atoms with E-state index in [1.807, 2.05) is 35.2 Å². The van der Waals surface area contributed by atoms with Gasteiger partial charge in [0.05, 0.1) is 0 Å². The number of carbonyl (C=O) groups is 1.